The van der Waals surface area contributed by atoms with Crippen LogP contribution in [-0.4, -0.2) is 57.7 Å². The van der Waals surface area contributed by atoms with Crippen LogP contribution in [0.1, 0.15) is 11.7 Å². The van der Waals surface area contributed by atoms with Crippen molar-refractivity contribution in [3.8, 4) is 6.07 Å². The predicted octanol–water partition coefficient (Wildman–Crippen LogP) is -0.932. The molecule has 1 fully saturated rings. The van der Waals surface area contributed by atoms with Crippen molar-refractivity contribution in [3.63, 3.8) is 0 Å². The highest BCUT2D eigenvalue weighted by Crippen LogP contribution is 2.27. The topological polar surface area (TPSA) is 123 Å². The van der Waals surface area contributed by atoms with Crippen LogP contribution in [0.3, 0.4) is 0 Å². The maximum atomic E-state index is 9.86. The summed E-state index contributed by atoms with van der Waals surface area (Å²) in [6.45, 7) is -0.548. The zero-order valence-electron chi connectivity index (χ0n) is 11.1. The third kappa shape index (κ3) is 3.39. The van der Waals surface area contributed by atoms with Crippen LogP contribution in [0.5, 0.6) is 0 Å². The molecule has 0 radical (unpaired) electrons. The normalized spacial score (nSPS) is 34.1. The summed E-state index contributed by atoms with van der Waals surface area (Å²) in [7, 11) is 0. The molecule has 0 amide bonds. The highest BCUT2D eigenvalue weighted by molar-refractivity contribution is 5.22. The summed E-state index contributed by atoms with van der Waals surface area (Å²) in [5.74, 6) is 0. The van der Waals surface area contributed by atoms with Crippen molar-refractivity contribution < 1.29 is 29.9 Å². The first-order valence-electron chi connectivity index (χ1n) is 6.49. The Labute approximate surface area is 121 Å². The van der Waals surface area contributed by atoms with Gasteiger partial charge in [-0.2, -0.15) is 5.26 Å². The highest BCUT2D eigenvalue weighted by atomic mass is 16.7. The largest absolute Gasteiger partial charge is 0.394 e. The molecular formula is C14H17NO6. The van der Waals surface area contributed by atoms with Crippen LogP contribution in [0.25, 0.3) is 0 Å². The van der Waals surface area contributed by atoms with Gasteiger partial charge in [-0.25, -0.2) is 0 Å². The van der Waals surface area contributed by atoms with Crippen LogP contribution in [-0.2, 0) is 9.47 Å². The van der Waals surface area contributed by atoms with Crippen LogP contribution in [0.15, 0.2) is 30.3 Å². The first-order valence-corrected chi connectivity index (χ1v) is 6.49. The van der Waals surface area contributed by atoms with Gasteiger partial charge in [0.2, 0.25) is 0 Å². The Morgan fingerprint density at radius 1 is 1.14 bits per heavy atom. The van der Waals surface area contributed by atoms with Gasteiger partial charge >= 0.3 is 0 Å². The average molecular weight is 295 g/mol. The lowest BCUT2D eigenvalue weighted by Gasteiger charge is -2.40. The minimum atomic E-state index is -1.53. The van der Waals surface area contributed by atoms with Gasteiger partial charge < -0.3 is 29.9 Å². The number of rotatable bonds is 4. The second-order valence-corrected chi connectivity index (χ2v) is 4.75. The van der Waals surface area contributed by atoms with Gasteiger partial charge in [-0.3, -0.25) is 0 Å². The molecule has 1 heterocycles. The van der Waals surface area contributed by atoms with E-state index in [1.807, 2.05) is 6.07 Å². The van der Waals surface area contributed by atoms with Crippen LogP contribution >= 0.6 is 0 Å². The van der Waals surface area contributed by atoms with Gasteiger partial charge in [-0.15, -0.1) is 0 Å². The first-order chi connectivity index (χ1) is 10.1. The number of nitriles is 1. The van der Waals surface area contributed by atoms with Gasteiger partial charge in [-0.05, 0) is 5.56 Å². The van der Waals surface area contributed by atoms with E-state index in [1.165, 1.54) is 0 Å². The summed E-state index contributed by atoms with van der Waals surface area (Å²) in [5.41, 5.74) is 0.567. The summed E-state index contributed by atoms with van der Waals surface area (Å²) in [4.78, 5) is 0. The summed E-state index contributed by atoms with van der Waals surface area (Å²) in [5, 5.41) is 47.5. The lowest BCUT2D eigenvalue weighted by atomic mass is 9.99. The number of hydrogen-bond donors (Lipinski definition) is 4. The molecule has 2 rings (SSSR count). The zero-order valence-corrected chi connectivity index (χ0v) is 11.1. The van der Waals surface area contributed by atoms with Crippen molar-refractivity contribution in [1.29, 1.82) is 5.26 Å². The molecule has 0 saturated carbocycles. The number of aliphatic hydroxyl groups is 4. The van der Waals surface area contributed by atoms with Crippen molar-refractivity contribution >= 4 is 0 Å². The molecule has 0 aliphatic carbocycles. The van der Waals surface area contributed by atoms with Gasteiger partial charge in [0.1, 0.15) is 24.4 Å². The van der Waals surface area contributed by atoms with Crippen molar-refractivity contribution in [2.75, 3.05) is 6.61 Å². The molecule has 114 valence electrons. The van der Waals surface area contributed by atoms with E-state index >= 15 is 0 Å². The summed E-state index contributed by atoms with van der Waals surface area (Å²) in [6, 6.07) is 10.5. The smallest absolute Gasteiger partial charge is 0.188 e. The van der Waals surface area contributed by atoms with Crippen molar-refractivity contribution in [3.05, 3.63) is 35.9 Å². The van der Waals surface area contributed by atoms with Gasteiger partial charge in [-0.1, -0.05) is 30.3 Å². The predicted molar refractivity (Wildman–Crippen MR) is 69.6 cm³/mol. The van der Waals surface area contributed by atoms with Crippen LogP contribution in [0.2, 0.25) is 0 Å². The Morgan fingerprint density at radius 2 is 1.81 bits per heavy atom. The number of aliphatic hydroxyl groups excluding tert-OH is 4. The van der Waals surface area contributed by atoms with Gasteiger partial charge in [0, 0.05) is 0 Å². The highest BCUT2D eigenvalue weighted by Gasteiger charge is 2.44. The minimum Gasteiger partial charge on any atom is -0.394 e. The molecule has 1 aliphatic rings. The number of ether oxygens (including phenoxy) is 2. The maximum Gasteiger partial charge on any atom is 0.188 e. The SMILES string of the molecule is N#C[C@H](O[C@@H]1O[C@H](CO)[C@@H](O)[C@@H](O)[C@H]1O)c1ccccc1. The fraction of sp³-hybridized carbons (Fsp3) is 0.500. The number of benzene rings is 1. The molecule has 1 aliphatic heterocycles. The molecule has 6 atom stereocenters. The van der Waals surface area contributed by atoms with Crippen LogP contribution < -0.4 is 0 Å². The monoisotopic (exact) mass is 295 g/mol. The molecule has 7 heteroatoms. The van der Waals surface area contributed by atoms with E-state index in [-0.39, 0.29) is 0 Å². The molecule has 1 aromatic rings. The summed E-state index contributed by atoms with van der Waals surface area (Å²) < 4.78 is 10.6. The van der Waals surface area contributed by atoms with Gasteiger partial charge in [0.15, 0.2) is 12.4 Å². The van der Waals surface area contributed by atoms with E-state index in [2.05, 4.69) is 0 Å². The number of nitrogens with zero attached hydrogens (tertiary/aromatic N) is 1. The minimum absolute atomic E-state index is 0.548. The zero-order chi connectivity index (χ0) is 15.4. The molecule has 0 unspecified atom stereocenters. The molecule has 7 nitrogen and oxygen atoms in total. The van der Waals surface area contributed by atoms with E-state index in [1.54, 1.807) is 30.3 Å². The Kier molecular flexibility index (Phi) is 5.25. The van der Waals surface area contributed by atoms with Gasteiger partial charge in [0.25, 0.3) is 0 Å². The molecule has 0 bridgehead atoms. The van der Waals surface area contributed by atoms with Crippen molar-refractivity contribution in [2.24, 2.45) is 0 Å². The van der Waals surface area contributed by atoms with Gasteiger partial charge in [0.05, 0.1) is 12.7 Å². The van der Waals surface area contributed by atoms with E-state index < -0.39 is 43.4 Å². The molecule has 1 aromatic carbocycles. The maximum absolute atomic E-state index is 9.86. The quantitative estimate of drug-likeness (QED) is 0.565. The van der Waals surface area contributed by atoms with E-state index in [0.717, 1.165) is 0 Å². The molecule has 21 heavy (non-hydrogen) atoms. The third-order valence-corrected chi connectivity index (χ3v) is 3.34. The molecule has 0 spiro atoms. The second-order valence-electron chi connectivity index (χ2n) is 4.75. The molecular weight excluding hydrogens is 278 g/mol. The van der Waals surface area contributed by atoms with E-state index in [9.17, 15) is 15.3 Å². The van der Waals surface area contributed by atoms with Crippen molar-refractivity contribution in [2.45, 2.75) is 36.8 Å². The van der Waals surface area contributed by atoms with Crippen LogP contribution in [0, 0.1) is 11.3 Å². The van der Waals surface area contributed by atoms with E-state index in [4.69, 9.17) is 19.8 Å². The second kappa shape index (κ2) is 6.95. The Hall–Kier alpha value is -1.53. The average Bonchev–Trinajstić information content (AvgIpc) is 2.53. The molecule has 4 N–H and O–H groups in total. The van der Waals surface area contributed by atoms with E-state index in [0.29, 0.717) is 5.56 Å². The van der Waals surface area contributed by atoms with Crippen molar-refractivity contribution in [1.82, 2.24) is 0 Å². The fourth-order valence-electron chi connectivity index (χ4n) is 2.13. The first kappa shape index (κ1) is 15.9. The summed E-state index contributed by atoms with van der Waals surface area (Å²) in [6.07, 6.45) is -7.91. The van der Waals surface area contributed by atoms with Crippen LogP contribution in [0.4, 0.5) is 0 Å². The fourth-order valence-corrected chi connectivity index (χ4v) is 2.13. The summed E-state index contributed by atoms with van der Waals surface area (Å²) >= 11 is 0. The Balaban J connectivity index is 2.12. The Morgan fingerprint density at radius 3 is 2.38 bits per heavy atom. The lowest BCUT2D eigenvalue weighted by Crippen LogP contribution is -2.59. The molecule has 1 saturated heterocycles. The third-order valence-electron chi connectivity index (χ3n) is 3.34. The Bertz CT molecular complexity index is 488. The lowest BCUT2D eigenvalue weighted by molar-refractivity contribution is -0.307. The molecule has 0 aromatic heterocycles. The standard InChI is InChI=1S/C14H17NO6/c15-6-9(8-4-2-1-3-5-8)20-14-13(19)12(18)11(17)10(7-16)21-14/h1-5,9-14,16-19H,7H2/t9-,10+,11+,12+,13+,14+/m0/s1. The number of hydrogen-bond acceptors (Lipinski definition) is 7.